The van der Waals surface area contributed by atoms with Gasteiger partial charge in [-0.2, -0.15) is 0 Å². The molecule has 0 unspecified atom stereocenters. The molecule has 2 N–H and O–H groups in total. The number of halogens is 1. The van der Waals surface area contributed by atoms with Crippen molar-refractivity contribution in [3.63, 3.8) is 0 Å². The first kappa shape index (κ1) is 29.4. The first-order valence-corrected chi connectivity index (χ1v) is 15.7. The Kier molecular flexibility index (Phi) is 11.3. The molecule has 4 rings (SSSR count). The van der Waals surface area contributed by atoms with Crippen molar-refractivity contribution < 1.29 is 9.59 Å². The second-order valence-electron chi connectivity index (χ2n) is 11.7. The third-order valence-electron chi connectivity index (χ3n) is 9.15. The van der Waals surface area contributed by atoms with Crippen molar-refractivity contribution in [3.05, 3.63) is 34.9 Å². The van der Waals surface area contributed by atoms with Gasteiger partial charge in [0.25, 0.3) is 0 Å². The molecule has 1 atom stereocenters. The molecule has 6 nitrogen and oxygen atoms in total. The van der Waals surface area contributed by atoms with Crippen LogP contribution >= 0.6 is 11.6 Å². The number of nitrogens with zero attached hydrogens (tertiary/aromatic N) is 2. The Labute approximate surface area is 235 Å². The molecule has 1 saturated carbocycles. The van der Waals surface area contributed by atoms with Crippen molar-refractivity contribution in [2.24, 2.45) is 5.92 Å². The molecule has 212 valence electrons. The molecule has 1 aromatic carbocycles. The standard InChI is InChI=1S/C31H49ClN4O2/c1-3-24(4-2)30(37)36(27-8-6-5-7-9-27)28-16-20-35(21-17-28)31(38)29(34-26-14-18-33-19-15-26)22-23-10-12-25(32)13-11-23/h10-13,24,26-29,33-34H,3-9,14-22H2,1-2H3/t29-/m0/s1. The third-order valence-corrected chi connectivity index (χ3v) is 9.41. The maximum Gasteiger partial charge on any atom is 0.240 e. The first-order chi connectivity index (χ1) is 18.5. The van der Waals surface area contributed by atoms with Crippen LogP contribution in [0.4, 0.5) is 0 Å². The third kappa shape index (κ3) is 7.73. The predicted molar refractivity (Wildman–Crippen MR) is 155 cm³/mol. The maximum absolute atomic E-state index is 13.9. The predicted octanol–water partition coefficient (Wildman–Crippen LogP) is 5.18. The van der Waals surface area contributed by atoms with E-state index in [0.29, 0.717) is 24.4 Å². The second kappa shape index (κ2) is 14.7. The van der Waals surface area contributed by atoms with Gasteiger partial charge in [-0.25, -0.2) is 0 Å². The van der Waals surface area contributed by atoms with E-state index in [4.69, 9.17) is 11.6 Å². The van der Waals surface area contributed by atoms with Crippen molar-refractivity contribution in [2.45, 2.75) is 115 Å². The molecular weight excluding hydrogens is 496 g/mol. The summed E-state index contributed by atoms with van der Waals surface area (Å²) in [7, 11) is 0. The Hall–Kier alpha value is -1.63. The van der Waals surface area contributed by atoms with Crippen LogP contribution in [0.5, 0.6) is 0 Å². The fourth-order valence-corrected chi connectivity index (χ4v) is 6.92. The number of carbonyl (C=O) groups excluding carboxylic acids is 2. The van der Waals surface area contributed by atoms with Crippen LogP contribution in [0, 0.1) is 5.92 Å². The highest BCUT2D eigenvalue weighted by atomic mass is 35.5. The summed E-state index contributed by atoms with van der Waals surface area (Å²) in [5.74, 6) is 0.682. The number of likely N-dealkylation sites (tertiary alicyclic amines) is 1. The van der Waals surface area contributed by atoms with Crippen LogP contribution in [-0.4, -0.2) is 72.0 Å². The summed E-state index contributed by atoms with van der Waals surface area (Å²) < 4.78 is 0. The van der Waals surface area contributed by atoms with E-state index in [1.54, 1.807) is 0 Å². The van der Waals surface area contributed by atoms with Crippen LogP contribution in [0.2, 0.25) is 5.02 Å². The van der Waals surface area contributed by atoms with E-state index in [0.717, 1.165) is 88.1 Å². The molecule has 0 radical (unpaired) electrons. The van der Waals surface area contributed by atoms with Gasteiger partial charge in [-0.1, -0.05) is 56.8 Å². The average Bonchev–Trinajstić information content (AvgIpc) is 2.96. The molecule has 0 spiro atoms. The zero-order chi connectivity index (χ0) is 26.9. The second-order valence-corrected chi connectivity index (χ2v) is 12.1. The summed E-state index contributed by atoms with van der Waals surface area (Å²) >= 11 is 6.12. The molecular formula is C31H49ClN4O2. The number of nitrogens with one attached hydrogen (secondary N) is 2. The van der Waals surface area contributed by atoms with Crippen molar-refractivity contribution in [2.75, 3.05) is 26.2 Å². The minimum atomic E-state index is -0.239. The van der Waals surface area contributed by atoms with Gasteiger partial charge in [0.05, 0.1) is 6.04 Å². The van der Waals surface area contributed by atoms with Crippen LogP contribution in [0.3, 0.4) is 0 Å². The van der Waals surface area contributed by atoms with Gasteiger partial charge in [0.15, 0.2) is 0 Å². The molecule has 1 aromatic rings. The lowest BCUT2D eigenvalue weighted by molar-refractivity contribution is -0.144. The van der Waals surface area contributed by atoms with E-state index in [1.165, 1.54) is 19.3 Å². The molecule has 2 saturated heterocycles. The minimum absolute atomic E-state index is 0.120. The molecule has 38 heavy (non-hydrogen) atoms. The van der Waals surface area contributed by atoms with Gasteiger partial charge in [0.2, 0.25) is 11.8 Å². The quantitative estimate of drug-likeness (QED) is 0.426. The van der Waals surface area contributed by atoms with Crippen LogP contribution in [0.25, 0.3) is 0 Å². The van der Waals surface area contributed by atoms with E-state index >= 15 is 0 Å². The fraction of sp³-hybridized carbons (Fsp3) is 0.742. The van der Waals surface area contributed by atoms with Crippen LogP contribution < -0.4 is 10.6 Å². The Morgan fingerprint density at radius 1 is 0.947 bits per heavy atom. The van der Waals surface area contributed by atoms with Gasteiger partial charge >= 0.3 is 0 Å². The van der Waals surface area contributed by atoms with Crippen LogP contribution in [-0.2, 0) is 16.0 Å². The van der Waals surface area contributed by atoms with Crippen molar-refractivity contribution in [3.8, 4) is 0 Å². The molecule has 2 amide bonds. The van der Waals surface area contributed by atoms with Crippen molar-refractivity contribution >= 4 is 23.4 Å². The van der Waals surface area contributed by atoms with Crippen LogP contribution in [0.1, 0.15) is 90.0 Å². The summed E-state index contributed by atoms with van der Waals surface area (Å²) in [6.07, 6.45) is 12.3. The molecule has 2 heterocycles. The number of piperidine rings is 2. The van der Waals surface area contributed by atoms with E-state index < -0.39 is 0 Å². The Bertz CT molecular complexity index is 870. The lowest BCUT2D eigenvalue weighted by atomic mass is 9.89. The van der Waals surface area contributed by atoms with Gasteiger partial charge < -0.3 is 20.4 Å². The number of hydrogen-bond acceptors (Lipinski definition) is 4. The largest absolute Gasteiger partial charge is 0.341 e. The van der Waals surface area contributed by atoms with Gasteiger partial charge in [-0.3, -0.25) is 9.59 Å². The number of hydrogen-bond donors (Lipinski definition) is 2. The lowest BCUT2D eigenvalue weighted by Gasteiger charge is -2.45. The summed E-state index contributed by atoms with van der Waals surface area (Å²) in [6, 6.07) is 8.63. The molecule has 1 aliphatic carbocycles. The summed E-state index contributed by atoms with van der Waals surface area (Å²) in [4.78, 5) is 32.0. The lowest BCUT2D eigenvalue weighted by Crippen LogP contribution is -2.57. The molecule has 2 aliphatic heterocycles. The van der Waals surface area contributed by atoms with E-state index in [9.17, 15) is 9.59 Å². The van der Waals surface area contributed by atoms with E-state index in [1.807, 2.05) is 24.3 Å². The molecule has 3 aliphatic rings. The number of benzene rings is 1. The Morgan fingerprint density at radius 2 is 1.55 bits per heavy atom. The molecule has 3 fully saturated rings. The normalized spacial score (nSPS) is 21.0. The monoisotopic (exact) mass is 544 g/mol. The van der Waals surface area contributed by atoms with Crippen LogP contribution in [0.15, 0.2) is 24.3 Å². The summed E-state index contributed by atoms with van der Waals surface area (Å²) in [6.45, 7) is 7.73. The zero-order valence-electron chi connectivity index (χ0n) is 23.6. The van der Waals surface area contributed by atoms with Gasteiger partial charge in [0.1, 0.15) is 0 Å². The van der Waals surface area contributed by atoms with Crippen molar-refractivity contribution in [1.29, 1.82) is 0 Å². The molecule has 7 heteroatoms. The van der Waals surface area contributed by atoms with Gasteiger partial charge in [0, 0.05) is 42.2 Å². The molecule has 0 bridgehead atoms. The van der Waals surface area contributed by atoms with Gasteiger partial charge in [-0.15, -0.1) is 0 Å². The zero-order valence-corrected chi connectivity index (χ0v) is 24.4. The average molecular weight is 545 g/mol. The van der Waals surface area contributed by atoms with E-state index in [2.05, 4.69) is 34.3 Å². The highest BCUT2D eigenvalue weighted by Gasteiger charge is 2.37. The fourth-order valence-electron chi connectivity index (χ4n) is 6.80. The number of amides is 2. The van der Waals surface area contributed by atoms with Crippen molar-refractivity contribution in [1.82, 2.24) is 20.4 Å². The first-order valence-electron chi connectivity index (χ1n) is 15.3. The Morgan fingerprint density at radius 3 is 2.16 bits per heavy atom. The molecule has 0 aromatic heterocycles. The van der Waals surface area contributed by atoms with Gasteiger partial charge in [-0.05, 0) is 88.6 Å². The Balaban J connectivity index is 1.43. The SMILES string of the molecule is CCC(CC)C(=O)N(C1CCCCC1)C1CCN(C(=O)[C@H](Cc2ccc(Cl)cc2)NC2CCNCC2)CC1. The summed E-state index contributed by atoms with van der Waals surface area (Å²) in [5.41, 5.74) is 1.13. The minimum Gasteiger partial charge on any atom is -0.341 e. The smallest absolute Gasteiger partial charge is 0.240 e. The highest BCUT2D eigenvalue weighted by Crippen LogP contribution is 2.31. The number of rotatable bonds is 10. The van der Waals surface area contributed by atoms with E-state index in [-0.39, 0.29) is 23.9 Å². The highest BCUT2D eigenvalue weighted by molar-refractivity contribution is 6.30. The maximum atomic E-state index is 13.9. The summed E-state index contributed by atoms with van der Waals surface area (Å²) in [5, 5.41) is 7.86. The number of carbonyl (C=O) groups is 2. The topological polar surface area (TPSA) is 64.7 Å².